The first-order valence-corrected chi connectivity index (χ1v) is 10.6. The average molecular weight is 386 g/mol. The maximum atomic E-state index is 12.8. The van der Waals surface area contributed by atoms with Gasteiger partial charge < -0.3 is 15.0 Å². The molecule has 152 valence electrons. The quantitative estimate of drug-likeness (QED) is 0.744. The summed E-state index contributed by atoms with van der Waals surface area (Å²) >= 11 is 0. The molecule has 1 aromatic rings. The van der Waals surface area contributed by atoms with Crippen molar-refractivity contribution in [3.63, 3.8) is 0 Å². The molecular weight excluding hydrogens is 354 g/mol. The molecule has 1 N–H and O–H groups in total. The number of hydrogen-bond acceptors (Lipinski definition) is 4. The fraction of sp³-hybridized carbons (Fsp3) is 0.636. The van der Waals surface area contributed by atoms with Crippen LogP contribution < -0.4 is 10.1 Å². The Morgan fingerprint density at radius 1 is 1.07 bits per heavy atom. The van der Waals surface area contributed by atoms with Gasteiger partial charge in [0.25, 0.3) is 0 Å². The van der Waals surface area contributed by atoms with E-state index >= 15 is 0 Å². The first kappa shape index (κ1) is 19.2. The monoisotopic (exact) mass is 385 g/mol. The van der Waals surface area contributed by atoms with Gasteiger partial charge in [-0.2, -0.15) is 0 Å². The van der Waals surface area contributed by atoms with E-state index < -0.39 is 0 Å². The molecule has 1 aliphatic carbocycles. The molecule has 4 rings (SSSR count). The van der Waals surface area contributed by atoms with E-state index in [0.29, 0.717) is 38.1 Å². The van der Waals surface area contributed by atoms with Gasteiger partial charge in [-0.15, -0.1) is 0 Å². The number of hydrogen-bond donors (Lipinski definition) is 1. The summed E-state index contributed by atoms with van der Waals surface area (Å²) in [6, 6.07) is 10.5. The van der Waals surface area contributed by atoms with Crippen LogP contribution in [0.1, 0.15) is 39.0 Å². The second-order valence-corrected chi connectivity index (χ2v) is 8.52. The molecule has 28 heavy (non-hydrogen) atoms. The minimum Gasteiger partial charge on any atom is -0.487 e. The van der Waals surface area contributed by atoms with Crippen LogP contribution in [-0.2, 0) is 9.59 Å². The number of rotatable bonds is 8. The summed E-state index contributed by atoms with van der Waals surface area (Å²) in [6.07, 6.45) is 5.39. The van der Waals surface area contributed by atoms with Crippen molar-refractivity contribution in [2.45, 2.75) is 57.2 Å². The van der Waals surface area contributed by atoms with Gasteiger partial charge in [-0.3, -0.25) is 14.5 Å². The van der Waals surface area contributed by atoms with Crippen LogP contribution in [0.25, 0.3) is 0 Å². The molecule has 0 unspecified atom stereocenters. The summed E-state index contributed by atoms with van der Waals surface area (Å²) in [5.41, 5.74) is 0. The van der Waals surface area contributed by atoms with Gasteiger partial charge >= 0.3 is 0 Å². The van der Waals surface area contributed by atoms with E-state index in [-0.39, 0.29) is 17.9 Å². The number of carbonyl (C=O) groups excluding carboxylic acids is 2. The second kappa shape index (κ2) is 8.52. The Labute approximate surface area is 167 Å². The zero-order valence-corrected chi connectivity index (χ0v) is 16.7. The summed E-state index contributed by atoms with van der Waals surface area (Å²) in [4.78, 5) is 28.5. The van der Waals surface area contributed by atoms with Crippen molar-refractivity contribution in [1.29, 1.82) is 0 Å². The lowest BCUT2D eigenvalue weighted by atomic mass is 10.1. The Morgan fingerprint density at radius 3 is 2.46 bits per heavy atom. The molecule has 6 heteroatoms. The molecule has 2 atom stereocenters. The van der Waals surface area contributed by atoms with Crippen LogP contribution in [0.3, 0.4) is 0 Å². The lowest BCUT2D eigenvalue weighted by molar-refractivity contribution is -0.141. The average Bonchev–Trinajstić information content (AvgIpc) is 3.39. The number of para-hydroxylation sites is 1. The van der Waals surface area contributed by atoms with Crippen molar-refractivity contribution in [2.75, 3.05) is 26.2 Å². The van der Waals surface area contributed by atoms with E-state index in [0.717, 1.165) is 31.1 Å². The van der Waals surface area contributed by atoms with Gasteiger partial charge in [0.1, 0.15) is 11.9 Å². The smallest absolute Gasteiger partial charge is 0.224 e. The maximum absolute atomic E-state index is 12.8. The number of nitrogens with zero attached hydrogens (tertiary/aromatic N) is 2. The highest BCUT2D eigenvalue weighted by atomic mass is 16.5. The minimum absolute atomic E-state index is 0.0240. The predicted octanol–water partition coefficient (Wildman–Crippen LogP) is 2.05. The Bertz CT molecular complexity index is 686. The van der Waals surface area contributed by atoms with Gasteiger partial charge in [-0.1, -0.05) is 18.2 Å². The van der Waals surface area contributed by atoms with Gasteiger partial charge in [0.05, 0.1) is 13.1 Å². The number of amides is 2. The molecule has 1 saturated carbocycles. The van der Waals surface area contributed by atoms with E-state index in [9.17, 15) is 9.59 Å². The number of nitrogens with one attached hydrogen (secondary N) is 1. The van der Waals surface area contributed by atoms with Gasteiger partial charge in [0, 0.05) is 38.5 Å². The Hall–Kier alpha value is -2.08. The van der Waals surface area contributed by atoms with Crippen LogP contribution in [0.2, 0.25) is 0 Å². The predicted molar refractivity (Wildman–Crippen MR) is 107 cm³/mol. The zero-order chi connectivity index (χ0) is 19.5. The number of likely N-dealkylation sites (tertiary alicyclic amines) is 2. The summed E-state index contributed by atoms with van der Waals surface area (Å²) in [5.74, 6) is 1.91. The van der Waals surface area contributed by atoms with Crippen LogP contribution in [-0.4, -0.2) is 66.0 Å². The van der Waals surface area contributed by atoms with Gasteiger partial charge in [0.15, 0.2) is 0 Å². The maximum Gasteiger partial charge on any atom is 0.224 e. The topological polar surface area (TPSA) is 61.9 Å². The van der Waals surface area contributed by atoms with Crippen molar-refractivity contribution in [2.24, 2.45) is 5.92 Å². The number of benzene rings is 1. The third kappa shape index (κ3) is 4.85. The van der Waals surface area contributed by atoms with Crippen molar-refractivity contribution in [1.82, 2.24) is 15.1 Å². The molecule has 6 nitrogen and oxygen atoms in total. The third-order valence-corrected chi connectivity index (χ3v) is 6.18. The molecule has 1 aromatic carbocycles. The standard InChI is InChI=1S/C22H31N3O3/c1-16(26)23-12-19-10-9-18(25(19)13-17-7-8-17)11-22(27)24-14-21(15-24)28-20-5-3-2-4-6-20/h2-6,17-19,21H,7-15H2,1H3,(H,23,26)/t18-,19+/m0/s1. The van der Waals surface area contributed by atoms with E-state index in [1.807, 2.05) is 35.2 Å². The summed E-state index contributed by atoms with van der Waals surface area (Å²) in [7, 11) is 0. The molecular formula is C22H31N3O3. The van der Waals surface area contributed by atoms with Crippen molar-refractivity contribution >= 4 is 11.8 Å². The molecule has 0 spiro atoms. The normalized spacial score (nSPS) is 25.4. The van der Waals surface area contributed by atoms with E-state index in [4.69, 9.17) is 4.74 Å². The van der Waals surface area contributed by atoms with E-state index in [1.54, 1.807) is 6.92 Å². The Balaban J connectivity index is 1.25. The highest BCUT2D eigenvalue weighted by molar-refractivity contribution is 5.78. The number of carbonyl (C=O) groups is 2. The highest BCUT2D eigenvalue weighted by Crippen LogP contribution is 2.35. The van der Waals surface area contributed by atoms with Crippen molar-refractivity contribution < 1.29 is 14.3 Å². The Morgan fingerprint density at radius 2 is 1.79 bits per heavy atom. The first-order chi connectivity index (χ1) is 13.6. The van der Waals surface area contributed by atoms with Gasteiger partial charge in [0.2, 0.25) is 11.8 Å². The fourth-order valence-corrected chi connectivity index (χ4v) is 4.35. The van der Waals surface area contributed by atoms with Crippen LogP contribution in [0, 0.1) is 5.92 Å². The molecule has 3 fully saturated rings. The van der Waals surface area contributed by atoms with E-state index in [2.05, 4.69) is 10.2 Å². The summed E-state index contributed by atoms with van der Waals surface area (Å²) < 4.78 is 5.91. The van der Waals surface area contributed by atoms with Crippen LogP contribution >= 0.6 is 0 Å². The zero-order valence-electron chi connectivity index (χ0n) is 16.7. The van der Waals surface area contributed by atoms with Crippen LogP contribution in [0.5, 0.6) is 5.75 Å². The fourth-order valence-electron chi connectivity index (χ4n) is 4.35. The molecule has 0 aromatic heterocycles. The van der Waals surface area contributed by atoms with Crippen LogP contribution in [0.15, 0.2) is 30.3 Å². The summed E-state index contributed by atoms with van der Waals surface area (Å²) in [6.45, 7) is 4.70. The molecule has 0 radical (unpaired) electrons. The molecule has 0 bridgehead atoms. The molecule has 2 aliphatic heterocycles. The lowest BCUT2D eigenvalue weighted by Crippen LogP contribution is -2.57. The van der Waals surface area contributed by atoms with E-state index in [1.165, 1.54) is 12.8 Å². The number of ether oxygens (including phenoxy) is 1. The molecule has 2 amide bonds. The van der Waals surface area contributed by atoms with Gasteiger partial charge in [-0.25, -0.2) is 0 Å². The third-order valence-electron chi connectivity index (χ3n) is 6.18. The second-order valence-electron chi connectivity index (χ2n) is 8.52. The van der Waals surface area contributed by atoms with Crippen molar-refractivity contribution in [3.05, 3.63) is 30.3 Å². The molecule has 2 heterocycles. The minimum atomic E-state index is 0.0240. The first-order valence-electron chi connectivity index (χ1n) is 10.6. The van der Waals surface area contributed by atoms with Crippen molar-refractivity contribution in [3.8, 4) is 5.75 Å². The van der Waals surface area contributed by atoms with Crippen LogP contribution in [0.4, 0.5) is 0 Å². The largest absolute Gasteiger partial charge is 0.487 e. The van der Waals surface area contributed by atoms with Gasteiger partial charge in [-0.05, 0) is 43.7 Å². The SMILES string of the molecule is CC(=O)NC[C@H]1CC[C@@H](CC(=O)N2CC(Oc3ccccc3)C2)N1CC1CC1. The lowest BCUT2D eigenvalue weighted by Gasteiger charge is -2.40. The molecule has 2 saturated heterocycles. The summed E-state index contributed by atoms with van der Waals surface area (Å²) in [5, 5.41) is 2.97. The Kier molecular flexibility index (Phi) is 5.85. The highest BCUT2D eigenvalue weighted by Gasteiger charge is 2.40. The molecule has 3 aliphatic rings.